The molecule has 0 saturated carbocycles. The van der Waals surface area contributed by atoms with Crippen LogP contribution in [0.3, 0.4) is 0 Å². The molecule has 2 aromatic carbocycles. The molecule has 1 fully saturated rings. The van der Waals surface area contributed by atoms with Crippen molar-refractivity contribution in [2.24, 2.45) is 0 Å². The summed E-state index contributed by atoms with van der Waals surface area (Å²) in [6.07, 6.45) is 1.47. The number of carbonyl (C=O) groups is 1. The number of aryl methyl sites for hydroxylation is 2. The molecular formula is C24H22ClFN6OS. The van der Waals surface area contributed by atoms with Gasteiger partial charge in [0.15, 0.2) is 10.6 Å². The zero-order valence-corrected chi connectivity index (χ0v) is 19.8. The number of piperazine rings is 1. The Hall–Kier alpha value is -3.30. The van der Waals surface area contributed by atoms with E-state index in [1.807, 2.05) is 4.90 Å². The standard InChI is InChI=1S/C24H22ClFN6OS/c25-17-6-4-16(5-7-17)23(33)32-13-11-31(12-14-32)21-20-22(30-24(27)29-21)34-19(28-20)10-3-15-1-8-18(26)9-2-15/h1-2,4-9H,3,10-14H2,(H2,27,29,30). The Morgan fingerprint density at radius 2 is 1.68 bits per heavy atom. The largest absolute Gasteiger partial charge is 0.368 e. The minimum absolute atomic E-state index is 0.0135. The zero-order valence-electron chi connectivity index (χ0n) is 18.2. The maximum Gasteiger partial charge on any atom is 0.253 e. The highest BCUT2D eigenvalue weighted by atomic mass is 35.5. The summed E-state index contributed by atoms with van der Waals surface area (Å²) in [7, 11) is 0. The summed E-state index contributed by atoms with van der Waals surface area (Å²) in [5, 5.41) is 1.53. The molecule has 0 spiro atoms. The van der Waals surface area contributed by atoms with Gasteiger partial charge in [0.05, 0.1) is 5.01 Å². The van der Waals surface area contributed by atoms with Crippen LogP contribution in [0.5, 0.6) is 0 Å². The van der Waals surface area contributed by atoms with E-state index in [2.05, 4.69) is 14.9 Å². The Kier molecular flexibility index (Phi) is 6.30. The van der Waals surface area contributed by atoms with Gasteiger partial charge in [-0.3, -0.25) is 4.79 Å². The number of nitrogens with two attached hydrogens (primary N) is 1. The maximum absolute atomic E-state index is 13.1. The zero-order chi connectivity index (χ0) is 23.7. The lowest BCUT2D eigenvalue weighted by atomic mass is 10.1. The average molecular weight is 497 g/mol. The van der Waals surface area contributed by atoms with Crippen LogP contribution in [0.2, 0.25) is 5.02 Å². The number of hydrogen-bond acceptors (Lipinski definition) is 7. The van der Waals surface area contributed by atoms with Crippen LogP contribution in [0, 0.1) is 5.82 Å². The van der Waals surface area contributed by atoms with E-state index in [0.29, 0.717) is 42.6 Å². The number of benzene rings is 2. The summed E-state index contributed by atoms with van der Waals surface area (Å²) < 4.78 is 13.1. The number of nitrogen functional groups attached to an aromatic ring is 1. The summed E-state index contributed by atoms with van der Waals surface area (Å²) >= 11 is 7.43. The first kappa shape index (κ1) is 22.5. The normalized spacial score (nSPS) is 14.1. The first-order valence-corrected chi connectivity index (χ1v) is 12.1. The molecule has 7 nitrogen and oxygen atoms in total. The van der Waals surface area contributed by atoms with E-state index in [1.165, 1.54) is 23.5 Å². The second kappa shape index (κ2) is 9.52. The number of anilines is 2. The number of halogens is 2. The van der Waals surface area contributed by atoms with Gasteiger partial charge in [-0.15, -0.1) is 0 Å². The van der Waals surface area contributed by atoms with Crippen LogP contribution in [0.15, 0.2) is 48.5 Å². The predicted molar refractivity (Wildman–Crippen MR) is 133 cm³/mol. The van der Waals surface area contributed by atoms with Crippen molar-refractivity contribution >= 4 is 51.0 Å². The smallest absolute Gasteiger partial charge is 0.253 e. The molecule has 0 unspecified atom stereocenters. The van der Waals surface area contributed by atoms with Crippen molar-refractivity contribution in [1.29, 1.82) is 0 Å². The molecular weight excluding hydrogens is 475 g/mol. The van der Waals surface area contributed by atoms with E-state index in [-0.39, 0.29) is 17.7 Å². The average Bonchev–Trinajstić information content (AvgIpc) is 3.26. The maximum atomic E-state index is 13.1. The third kappa shape index (κ3) is 4.80. The Bertz CT molecular complexity index is 1320. The Morgan fingerprint density at radius 3 is 2.38 bits per heavy atom. The fraction of sp³-hybridized carbons (Fsp3) is 0.250. The van der Waals surface area contributed by atoms with Gasteiger partial charge in [0.1, 0.15) is 11.3 Å². The quantitative estimate of drug-likeness (QED) is 0.445. The van der Waals surface area contributed by atoms with Gasteiger partial charge < -0.3 is 15.5 Å². The molecule has 0 bridgehead atoms. The molecule has 2 aromatic heterocycles. The highest BCUT2D eigenvalue weighted by molar-refractivity contribution is 7.18. The molecule has 0 radical (unpaired) electrons. The Labute approximate surface area is 205 Å². The van der Waals surface area contributed by atoms with Gasteiger partial charge in [-0.05, 0) is 48.4 Å². The van der Waals surface area contributed by atoms with Crippen LogP contribution >= 0.6 is 22.9 Å². The van der Waals surface area contributed by atoms with Crippen molar-refractivity contribution in [2.45, 2.75) is 12.8 Å². The molecule has 5 rings (SSSR count). The number of nitrogens with zero attached hydrogens (tertiary/aromatic N) is 5. The van der Waals surface area contributed by atoms with Crippen molar-refractivity contribution in [2.75, 3.05) is 36.8 Å². The molecule has 3 heterocycles. The number of fused-ring (bicyclic) bond motifs is 1. The van der Waals surface area contributed by atoms with Crippen LogP contribution in [0.25, 0.3) is 10.3 Å². The third-order valence-electron chi connectivity index (χ3n) is 5.80. The van der Waals surface area contributed by atoms with Gasteiger partial charge in [-0.2, -0.15) is 4.98 Å². The lowest BCUT2D eigenvalue weighted by Gasteiger charge is -2.35. The fourth-order valence-corrected chi connectivity index (χ4v) is 5.06. The van der Waals surface area contributed by atoms with Gasteiger partial charge in [0, 0.05) is 43.2 Å². The van der Waals surface area contributed by atoms with E-state index >= 15 is 0 Å². The third-order valence-corrected chi connectivity index (χ3v) is 7.06. The fourth-order valence-electron chi connectivity index (χ4n) is 3.99. The second-order valence-corrected chi connectivity index (χ2v) is 9.58. The molecule has 0 aliphatic carbocycles. The van der Waals surface area contributed by atoms with Gasteiger partial charge in [-0.25, -0.2) is 14.4 Å². The number of amides is 1. The Balaban J connectivity index is 1.30. The molecule has 1 saturated heterocycles. The summed E-state index contributed by atoms with van der Waals surface area (Å²) in [4.78, 5) is 31.2. The van der Waals surface area contributed by atoms with Crippen molar-refractivity contribution in [3.8, 4) is 0 Å². The van der Waals surface area contributed by atoms with E-state index in [0.717, 1.165) is 33.8 Å². The SMILES string of the molecule is Nc1nc(N2CCN(C(=O)c3ccc(Cl)cc3)CC2)c2nc(CCc3ccc(F)cc3)sc2n1. The Morgan fingerprint density at radius 1 is 0.971 bits per heavy atom. The number of rotatable bonds is 5. The summed E-state index contributed by atoms with van der Waals surface area (Å²) in [6, 6.07) is 13.4. The minimum atomic E-state index is -0.242. The van der Waals surface area contributed by atoms with Crippen molar-refractivity contribution in [3.63, 3.8) is 0 Å². The number of aromatic nitrogens is 3. The highest BCUT2D eigenvalue weighted by Crippen LogP contribution is 2.30. The van der Waals surface area contributed by atoms with Crippen LogP contribution < -0.4 is 10.6 Å². The summed E-state index contributed by atoms with van der Waals surface area (Å²) in [5.41, 5.74) is 8.40. The molecule has 2 N–H and O–H groups in total. The molecule has 1 aliphatic rings. The lowest BCUT2D eigenvalue weighted by molar-refractivity contribution is 0.0746. The van der Waals surface area contributed by atoms with Crippen LogP contribution in [0.4, 0.5) is 16.2 Å². The highest BCUT2D eigenvalue weighted by Gasteiger charge is 2.25. The number of carbonyl (C=O) groups excluding carboxylic acids is 1. The molecule has 10 heteroatoms. The first-order valence-electron chi connectivity index (χ1n) is 10.9. The van der Waals surface area contributed by atoms with E-state index in [4.69, 9.17) is 22.3 Å². The lowest BCUT2D eigenvalue weighted by Crippen LogP contribution is -2.49. The van der Waals surface area contributed by atoms with Crippen molar-refractivity contribution < 1.29 is 9.18 Å². The van der Waals surface area contributed by atoms with Gasteiger partial charge >= 0.3 is 0 Å². The molecule has 1 amide bonds. The van der Waals surface area contributed by atoms with Gasteiger partial charge in [0.2, 0.25) is 5.95 Å². The van der Waals surface area contributed by atoms with E-state index < -0.39 is 0 Å². The van der Waals surface area contributed by atoms with Crippen molar-refractivity contribution in [3.05, 3.63) is 75.5 Å². The van der Waals surface area contributed by atoms with Crippen LogP contribution in [0.1, 0.15) is 20.9 Å². The topological polar surface area (TPSA) is 88.2 Å². The molecule has 34 heavy (non-hydrogen) atoms. The summed E-state index contributed by atoms with van der Waals surface area (Å²) in [6.45, 7) is 2.36. The molecule has 0 atom stereocenters. The van der Waals surface area contributed by atoms with E-state index in [9.17, 15) is 9.18 Å². The van der Waals surface area contributed by atoms with Crippen LogP contribution in [-0.2, 0) is 12.8 Å². The van der Waals surface area contributed by atoms with Gasteiger partial charge in [-0.1, -0.05) is 35.1 Å². The monoisotopic (exact) mass is 496 g/mol. The van der Waals surface area contributed by atoms with Crippen LogP contribution in [-0.4, -0.2) is 51.9 Å². The van der Waals surface area contributed by atoms with Gasteiger partial charge in [0.25, 0.3) is 5.91 Å². The van der Waals surface area contributed by atoms with Crippen molar-refractivity contribution in [1.82, 2.24) is 19.9 Å². The first-order chi connectivity index (χ1) is 16.5. The molecule has 4 aromatic rings. The summed E-state index contributed by atoms with van der Waals surface area (Å²) in [5.74, 6) is 0.649. The second-order valence-electron chi connectivity index (χ2n) is 8.08. The molecule has 1 aliphatic heterocycles. The number of thiazole rings is 1. The minimum Gasteiger partial charge on any atom is -0.368 e. The van der Waals surface area contributed by atoms with E-state index in [1.54, 1.807) is 36.4 Å². The molecule has 174 valence electrons. The number of hydrogen-bond donors (Lipinski definition) is 1. The predicted octanol–water partition coefficient (Wildman–Crippen LogP) is 4.21.